The Bertz CT molecular complexity index is 352. The minimum Gasteiger partial charge on any atom is -0.336 e. The first kappa shape index (κ1) is 12.5. The lowest BCUT2D eigenvalue weighted by atomic mass is 10.2. The van der Waals surface area contributed by atoms with Gasteiger partial charge in [0.25, 0.3) is 0 Å². The maximum atomic E-state index is 11.5. The molecule has 1 rings (SSSR count). The van der Waals surface area contributed by atoms with Crippen LogP contribution in [0.4, 0.5) is 10.5 Å². The molecule has 0 saturated heterocycles. The number of hydrogen-bond acceptors (Lipinski definition) is 2. The van der Waals surface area contributed by atoms with Crippen molar-refractivity contribution < 1.29 is 4.79 Å². The van der Waals surface area contributed by atoms with Crippen LogP contribution in [0.15, 0.2) is 24.3 Å². The predicted octanol–water partition coefficient (Wildman–Crippen LogP) is 1.85. The standard InChI is InChI=1S/C12H19N3O/c1-3-10(13)8-14-12(16)15-11-6-4-5-9(2)7-11/h4-7,10H,3,8,13H2,1-2H3,(H2,14,15,16). The highest BCUT2D eigenvalue weighted by molar-refractivity contribution is 5.89. The molecule has 0 aromatic heterocycles. The van der Waals surface area contributed by atoms with Gasteiger partial charge < -0.3 is 16.4 Å². The van der Waals surface area contributed by atoms with Crippen LogP contribution in [0.5, 0.6) is 0 Å². The van der Waals surface area contributed by atoms with Crippen LogP contribution in [-0.4, -0.2) is 18.6 Å². The summed E-state index contributed by atoms with van der Waals surface area (Å²) >= 11 is 0. The van der Waals surface area contributed by atoms with Crippen molar-refractivity contribution in [1.82, 2.24) is 5.32 Å². The van der Waals surface area contributed by atoms with Gasteiger partial charge in [-0.05, 0) is 31.0 Å². The second-order valence-corrected chi connectivity index (χ2v) is 3.87. The first-order chi connectivity index (χ1) is 7.61. The molecule has 0 fully saturated rings. The van der Waals surface area contributed by atoms with Crippen molar-refractivity contribution in [2.75, 3.05) is 11.9 Å². The Morgan fingerprint density at radius 2 is 2.25 bits per heavy atom. The molecule has 16 heavy (non-hydrogen) atoms. The summed E-state index contributed by atoms with van der Waals surface area (Å²) in [5.41, 5.74) is 7.60. The van der Waals surface area contributed by atoms with Gasteiger partial charge in [-0.1, -0.05) is 19.1 Å². The van der Waals surface area contributed by atoms with E-state index in [-0.39, 0.29) is 12.1 Å². The molecule has 0 aliphatic heterocycles. The van der Waals surface area contributed by atoms with Gasteiger partial charge in [-0.2, -0.15) is 0 Å². The number of benzene rings is 1. The molecule has 4 heteroatoms. The van der Waals surface area contributed by atoms with Gasteiger partial charge in [0.15, 0.2) is 0 Å². The van der Waals surface area contributed by atoms with E-state index in [1.807, 2.05) is 38.1 Å². The van der Waals surface area contributed by atoms with Crippen molar-refractivity contribution in [2.24, 2.45) is 5.73 Å². The molecular formula is C12H19N3O. The Morgan fingerprint density at radius 1 is 1.50 bits per heavy atom. The Kier molecular flexibility index (Phi) is 4.79. The summed E-state index contributed by atoms with van der Waals surface area (Å²) in [7, 11) is 0. The highest BCUT2D eigenvalue weighted by atomic mass is 16.2. The van der Waals surface area contributed by atoms with Gasteiger partial charge in [0.05, 0.1) is 0 Å². The predicted molar refractivity (Wildman–Crippen MR) is 66.5 cm³/mol. The van der Waals surface area contributed by atoms with Gasteiger partial charge in [-0.15, -0.1) is 0 Å². The zero-order chi connectivity index (χ0) is 12.0. The van der Waals surface area contributed by atoms with Crippen molar-refractivity contribution >= 4 is 11.7 Å². The van der Waals surface area contributed by atoms with E-state index >= 15 is 0 Å². The van der Waals surface area contributed by atoms with Gasteiger partial charge in [0.1, 0.15) is 0 Å². The molecule has 1 aromatic rings. The quantitative estimate of drug-likeness (QED) is 0.726. The third kappa shape index (κ3) is 4.31. The number of urea groups is 1. The van der Waals surface area contributed by atoms with E-state index in [0.29, 0.717) is 6.54 Å². The molecule has 4 nitrogen and oxygen atoms in total. The highest BCUT2D eigenvalue weighted by Gasteiger charge is 2.03. The summed E-state index contributed by atoms with van der Waals surface area (Å²) in [5.74, 6) is 0. The molecule has 4 N–H and O–H groups in total. The van der Waals surface area contributed by atoms with E-state index in [1.165, 1.54) is 0 Å². The van der Waals surface area contributed by atoms with Crippen LogP contribution >= 0.6 is 0 Å². The number of aryl methyl sites for hydroxylation is 1. The molecule has 0 radical (unpaired) electrons. The molecule has 1 atom stereocenters. The summed E-state index contributed by atoms with van der Waals surface area (Å²) in [6.45, 7) is 4.47. The molecular weight excluding hydrogens is 202 g/mol. The van der Waals surface area contributed by atoms with Crippen LogP contribution in [0.1, 0.15) is 18.9 Å². The molecule has 0 aliphatic rings. The molecule has 0 heterocycles. The Labute approximate surface area is 96.2 Å². The van der Waals surface area contributed by atoms with Crippen LogP contribution in [0, 0.1) is 6.92 Å². The fourth-order valence-corrected chi connectivity index (χ4v) is 1.27. The third-order valence-corrected chi connectivity index (χ3v) is 2.33. The molecule has 88 valence electrons. The fourth-order valence-electron chi connectivity index (χ4n) is 1.27. The number of amides is 2. The molecule has 0 saturated carbocycles. The number of carbonyl (C=O) groups is 1. The lowest BCUT2D eigenvalue weighted by molar-refractivity contribution is 0.251. The minimum atomic E-state index is -0.213. The van der Waals surface area contributed by atoms with Crippen molar-refractivity contribution in [2.45, 2.75) is 26.3 Å². The van der Waals surface area contributed by atoms with Crippen LogP contribution in [0.25, 0.3) is 0 Å². The largest absolute Gasteiger partial charge is 0.336 e. The van der Waals surface area contributed by atoms with Gasteiger partial charge in [-0.3, -0.25) is 0 Å². The van der Waals surface area contributed by atoms with Crippen molar-refractivity contribution in [3.05, 3.63) is 29.8 Å². The lowest BCUT2D eigenvalue weighted by Gasteiger charge is -2.11. The molecule has 0 bridgehead atoms. The average molecular weight is 221 g/mol. The maximum Gasteiger partial charge on any atom is 0.319 e. The Hall–Kier alpha value is -1.55. The lowest BCUT2D eigenvalue weighted by Crippen LogP contribution is -2.38. The van der Waals surface area contributed by atoms with E-state index in [0.717, 1.165) is 17.7 Å². The van der Waals surface area contributed by atoms with E-state index < -0.39 is 0 Å². The normalized spacial score (nSPS) is 11.9. The van der Waals surface area contributed by atoms with E-state index in [4.69, 9.17) is 5.73 Å². The monoisotopic (exact) mass is 221 g/mol. The number of rotatable bonds is 4. The van der Waals surface area contributed by atoms with Crippen molar-refractivity contribution in [1.29, 1.82) is 0 Å². The van der Waals surface area contributed by atoms with Crippen LogP contribution < -0.4 is 16.4 Å². The van der Waals surface area contributed by atoms with E-state index in [2.05, 4.69) is 10.6 Å². The zero-order valence-electron chi connectivity index (χ0n) is 9.79. The summed E-state index contributed by atoms with van der Waals surface area (Å²) in [4.78, 5) is 11.5. The Morgan fingerprint density at radius 3 is 2.88 bits per heavy atom. The highest BCUT2D eigenvalue weighted by Crippen LogP contribution is 2.08. The van der Waals surface area contributed by atoms with E-state index in [9.17, 15) is 4.79 Å². The second-order valence-electron chi connectivity index (χ2n) is 3.87. The van der Waals surface area contributed by atoms with Crippen molar-refractivity contribution in [3.8, 4) is 0 Å². The molecule has 0 aliphatic carbocycles. The van der Waals surface area contributed by atoms with E-state index in [1.54, 1.807) is 0 Å². The van der Waals surface area contributed by atoms with Gasteiger partial charge in [-0.25, -0.2) is 4.79 Å². The number of carbonyl (C=O) groups excluding carboxylic acids is 1. The second kappa shape index (κ2) is 6.12. The summed E-state index contributed by atoms with van der Waals surface area (Å²) in [5, 5.41) is 5.48. The first-order valence-corrected chi connectivity index (χ1v) is 5.49. The molecule has 1 aromatic carbocycles. The molecule has 0 spiro atoms. The van der Waals surface area contributed by atoms with Crippen LogP contribution in [0.2, 0.25) is 0 Å². The topological polar surface area (TPSA) is 67.1 Å². The van der Waals surface area contributed by atoms with Crippen molar-refractivity contribution in [3.63, 3.8) is 0 Å². The average Bonchev–Trinajstić information content (AvgIpc) is 2.26. The molecule has 2 amide bonds. The first-order valence-electron chi connectivity index (χ1n) is 5.49. The van der Waals surface area contributed by atoms with Gasteiger partial charge >= 0.3 is 6.03 Å². The van der Waals surface area contributed by atoms with Crippen LogP contribution in [-0.2, 0) is 0 Å². The van der Waals surface area contributed by atoms with Gasteiger partial charge in [0, 0.05) is 18.3 Å². The van der Waals surface area contributed by atoms with Crippen LogP contribution in [0.3, 0.4) is 0 Å². The number of nitrogens with one attached hydrogen (secondary N) is 2. The smallest absolute Gasteiger partial charge is 0.319 e. The Balaban J connectivity index is 2.40. The summed E-state index contributed by atoms with van der Waals surface area (Å²) in [6, 6.07) is 7.46. The summed E-state index contributed by atoms with van der Waals surface area (Å²) in [6.07, 6.45) is 0.852. The minimum absolute atomic E-state index is 0.0169. The van der Waals surface area contributed by atoms with Gasteiger partial charge in [0.2, 0.25) is 0 Å². The summed E-state index contributed by atoms with van der Waals surface area (Å²) < 4.78 is 0. The zero-order valence-corrected chi connectivity index (χ0v) is 9.79. The molecule has 1 unspecified atom stereocenters. The number of hydrogen-bond donors (Lipinski definition) is 3. The fraction of sp³-hybridized carbons (Fsp3) is 0.417. The SMILES string of the molecule is CCC(N)CNC(=O)Nc1cccc(C)c1. The third-order valence-electron chi connectivity index (χ3n) is 2.33. The number of nitrogens with two attached hydrogens (primary N) is 1. The number of anilines is 1. The maximum absolute atomic E-state index is 11.5.